The summed E-state index contributed by atoms with van der Waals surface area (Å²) in [6.45, 7) is 3.96. The Bertz CT molecular complexity index is 1270. The maximum atomic E-state index is 11.9. The molecule has 0 aliphatic carbocycles. The Morgan fingerprint density at radius 3 is 2.19 bits per heavy atom. The van der Waals surface area contributed by atoms with Gasteiger partial charge in [0.1, 0.15) is 17.6 Å². The van der Waals surface area contributed by atoms with Crippen LogP contribution in [0, 0.1) is 13.8 Å². The van der Waals surface area contributed by atoms with Crippen molar-refractivity contribution in [3.63, 3.8) is 0 Å². The number of rotatable bonds is 7. The molecule has 2 atom stereocenters. The molecular formula is C27H30N4O5. The first kappa shape index (κ1) is 25.1. The molecule has 2 aromatic carbocycles. The SMILES string of the molecule is COc1c(C)cccc1C(=C(C=C[C@@H]1C[C@@H](O)CC(=O)O1)c1nnnn1C)c1cccc(C)c1OC. The van der Waals surface area contributed by atoms with Crippen LogP contribution in [0.15, 0.2) is 48.6 Å². The number of tetrazole rings is 1. The number of benzene rings is 2. The lowest BCUT2D eigenvalue weighted by atomic mass is 9.88. The van der Waals surface area contributed by atoms with Crippen molar-refractivity contribution < 1.29 is 24.1 Å². The molecule has 188 valence electrons. The molecule has 9 heteroatoms. The van der Waals surface area contributed by atoms with Crippen LogP contribution in [0.5, 0.6) is 11.5 Å². The summed E-state index contributed by atoms with van der Waals surface area (Å²) in [5, 5.41) is 22.3. The molecule has 0 spiro atoms. The molecular weight excluding hydrogens is 460 g/mol. The van der Waals surface area contributed by atoms with Crippen LogP contribution in [0.4, 0.5) is 0 Å². The summed E-state index contributed by atoms with van der Waals surface area (Å²) in [6.07, 6.45) is 2.56. The van der Waals surface area contributed by atoms with Crippen LogP contribution in [-0.2, 0) is 16.6 Å². The number of hydrogen-bond acceptors (Lipinski definition) is 8. The smallest absolute Gasteiger partial charge is 0.309 e. The van der Waals surface area contributed by atoms with Crippen LogP contribution < -0.4 is 9.47 Å². The number of aliphatic hydroxyl groups excluding tert-OH is 1. The molecule has 0 bridgehead atoms. The molecule has 9 nitrogen and oxygen atoms in total. The Morgan fingerprint density at radius 1 is 1.08 bits per heavy atom. The minimum absolute atomic E-state index is 0.00747. The topological polar surface area (TPSA) is 109 Å². The summed E-state index contributed by atoms with van der Waals surface area (Å²) in [5.74, 6) is 1.47. The highest BCUT2D eigenvalue weighted by Gasteiger charge is 2.27. The number of cyclic esters (lactones) is 1. The fourth-order valence-electron chi connectivity index (χ4n) is 4.53. The summed E-state index contributed by atoms with van der Waals surface area (Å²) >= 11 is 0. The predicted molar refractivity (Wildman–Crippen MR) is 134 cm³/mol. The van der Waals surface area contributed by atoms with Gasteiger partial charge >= 0.3 is 5.97 Å². The van der Waals surface area contributed by atoms with Gasteiger partial charge in [0.25, 0.3) is 0 Å². The molecule has 4 rings (SSSR count). The molecule has 1 aliphatic heterocycles. The fourth-order valence-corrected chi connectivity index (χ4v) is 4.53. The number of carbonyl (C=O) groups is 1. The molecule has 36 heavy (non-hydrogen) atoms. The van der Waals surface area contributed by atoms with E-state index in [1.54, 1.807) is 32.0 Å². The second-order valence-electron chi connectivity index (χ2n) is 8.71. The van der Waals surface area contributed by atoms with E-state index in [1.165, 1.54) is 0 Å². The number of para-hydroxylation sites is 2. The lowest BCUT2D eigenvalue weighted by Gasteiger charge is -2.24. The second kappa shape index (κ2) is 10.7. The van der Waals surface area contributed by atoms with Crippen molar-refractivity contribution >= 4 is 17.1 Å². The van der Waals surface area contributed by atoms with E-state index in [1.807, 2.05) is 56.3 Å². The highest BCUT2D eigenvalue weighted by atomic mass is 16.5. The van der Waals surface area contributed by atoms with Gasteiger partial charge < -0.3 is 19.3 Å². The van der Waals surface area contributed by atoms with E-state index in [0.717, 1.165) is 27.8 Å². The predicted octanol–water partition coefficient (Wildman–Crippen LogP) is 3.43. The van der Waals surface area contributed by atoms with Crippen LogP contribution in [0.1, 0.15) is 40.9 Å². The number of ether oxygens (including phenoxy) is 3. The maximum absolute atomic E-state index is 11.9. The minimum Gasteiger partial charge on any atom is -0.496 e. The monoisotopic (exact) mass is 490 g/mol. The molecule has 0 saturated carbocycles. The van der Waals surface area contributed by atoms with Crippen molar-refractivity contribution in [2.75, 3.05) is 14.2 Å². The van der Waals surface area contributed by atoms with E-state index >= 15 is 0 Å². The van der Waals surface area contributed by atoms with Gasteiger partial charge in [-0.3, -0.25) is 4.79 Å². The number of hydrogen-bond donors (Lipinski definition) is 1. The number of methoxy groups -OCH3 is 2. The number of aromatic nitrogens is 4. The lowest BCUT2D eigenvalue weighted by Crippen LogP contribution is -2.31. The minimum atomic E-state index is -0.752. The van der Waals surface area contributed by atoms with Gasteiger partial charge in [-0.15, -0.1) is 5.10 Å². The summed E-state index contributed by atoms with van der Waals surface area (Å²) in [4.78, 5) is 11.9. The van der Waals surface area contributed by atoms with Gasteiger partial charge in [-0.2, -0.15) is 0 Å². The number of nitrogens with zero attached hydrogens (tertiary/aromatic N) is 4. The Kier molecular flexibility index (Phi) is 7.49. The van der Waals surface area contributed by atoms with Gasteiger partial charge in [0, 0.05) is 35.7 Å². The van der Waals surface area contributed by atoms with Crippen LogP contribution >= 0.6 is 0 Å². The summed E-state index contributed by atoms with van der Waals surface area (Å²) in [5.41, 5.74) is 5.03. The third kappa shape index (κ3) is 5.01. The molecule has 3 aromatic rings. The first-order valence-corrected chi connectivity index (χ1v) is 11.6. The van der Waals surface area contributed by atoms with Crippen molar-refractivity contribution in [3.8, 4) is 11.5 Å². The molecule has 1 fully saturated rings. The normalized spacial score (nSPS) is 17.7. The molecule has 0 unspecified atom stereocenters. The third-order valence-electron chi connectivity index (χ3n) is 6.17. The quantitative estimate of drug-likeness (QED) is 0.396. The largest absolute Gasteiger partial charge is 0.496 e. The number of aliphatic hydroxyl groups is 1. The highest BCUT2D eigenvalue weighted by molar-refractivity contribution is 6.03. The number of carbonyl (C=O) groups excluding carboxylic acids is 1. The zero-order chi connectivity index (χ0) is 25.8. The molecule has 1 saturated heterocycles. The van der Waals surface area contributed by atoms with Gasteiger partial charge in [0.2, 0.25) is 0 Å². The Morgan fingerprint density at radius 2 is 1.69 bits per heavy atom. The van der Waals surface area contributed by atoms with Gasteiger partial charge in [0.05, 0.1) is 26.7 Å². The molecule has 0 amide bonds. The average Bonchev–Trinajstić information content (AvgIpc) is 3.26. The van der Waals surface area contributed by atoms with Crippen molar-refractivity contribution in [2.45, 2.75) is 38.9 Å². The van der Waals surface area contributed by atoms with Gasteiger partial charge in [-0.05, 0) is 41.5 Å². The van der Waals surface area contributed by atoms with E-state index in [2.05, 4.69) is 15.5 Å². The molecule has 2 heterocycles. The average molecular weight is 491 g/mol. The third-order valence-corrected chi connectivity index (χ3v) is 6.17. The standard InChI is InChI=1S/C27H30N4O5/c1-16-8-6-10-20(25(16)34-4)24(21-11-7-9-17(2)26(21)35-5)22(27-28-29-30-31(27)3)13-12-19-14-18(32)15-23(33)36-19/h6-13,18-19,32H,14-15H2,1-5H3/t18-,19-/m1/s1. The van der Waals surface area contributed by atoms with Crippen LogP contribution in [-0.4, -0.2) is 57.7 Å². The first-order chi connectivity index (χ1) is 17.3. The second-order valence-corrected chi connectivity index (χ2v) is 8.71. The summed E-state index contributed by atoms with van der Waals surface area (Å²) in [6, 6.07) is 11.8. The van der Waals surface area contributed by atoms with Crippen LogP contribution in [0.2, 0.25) is 0 Å². The molecule has 1 aliphatic rings. The van der Waals surface area contributed by atoms with E-state index in [4.69, 9.17) is 14.2 Å². The maximum Gasteiger partial charge on any atom is 0.309 e. The van der Waals surface area contributed by atoms with Crippen LogP contribution in [0.25, 0.3) is 11.1 Å². The van der Waals surface area contributed by atoms with Crippen LogP contribution in [0.3, 0.4) is 0 Å². The van der Waals surface area contributed by atoms with Crippen molar-refractivity contribution in [1.29, 1.82) is 0 Å². The zero-order valence-corrected chi connectivity index (χ0v) is 21.1. The Labute approximate surface area is 210 Å². The number of esters is 1. The first-order valence-electron chi connectivity index (χ1n) is 11.6. The van der Waals surface area contributed by atoms with Crippen molar-refractivity contribution in [2.24, 2.45) is 7.05 Å². The van der Waals surface area contributed by atoms with E-state index in [0.29, 0.717) is 29.3 Å². The zero-order valence-electron chi connectivity index (χ0n) is 21.1. The summed E-state index contributed by atoms with van der Waals surface area (Å²) < 4.78 is 18.7. The van der Waals surface area contributed by atoms with Gasteiger partial charge in [0.15, 0.2) is 5.82 Å². The lowest BCUT2D eigenvalue weighted by molar-refractivity contribution is -0.156. The Balaban J connectivity index is 2.05. The highest BCUT2D eigenvalue weighted by Crippen LogP contribution is 2.42. The molecule has 1 aromatic heterocycles. The number of allylic oxidation sites excluding steroid dienone is 2. The van der Waals surface area contributed by atoms with Gasteiger partial charge in [-0.1, -0.05) is 42.5 Å². The van der Waals surface area contributed by atoms with E-state index in [-0.39, 0.29) is 6.42 Å². The van der Waals surface area contributed by atoms with Crippen molar-refractivity contribution in [3.05, 3.63) is 76.6 Å². The molecule has 0 radical (unpaired) electrons. The van der Waals surface area contributed by atoms with E-state index in [9.17, 15) is 9.90 Å². The van der Waals surface area contributed by atoms with Gasteiger partial charge in [-0.25, -0.2) is 4.68 Å². The number of aryl methyl sites for hydroxylation is 3. The Hall–Kier alpha value is -3.98. The van der Waals surface area contributed by atoms with Crippen molar-refractivity contribution in [1.82, 2.24) is 20.2 Å². The van der Waals surface area contributed by atoms with E-state index < -0.39 is 18.2 Å². The molecule has 1 N–H and O–H groups in total. The summed E-state index contributed by atoms with van der Waals surface area (Å²) in [7, 11) is 5.03. The fraction of sp³-hybridized carbons (Fsp3) is 0.333.